The Bertz CT molecular complexity index is 813. The fraction of sp³-hybridized carbons (Fsp3) is 0.190. The number of carbonyl (C=O) groups is 3. The van der Waals surface area contributed by atoms with E-state index in [1.807, 2.05) is 30.3 Å². The first kappa shape index (κ1) is 19.7. The highest BCUT2D eigenvalue weighted by Crippen LogP contribution is 2.07. The average Bonchev–Trinajstić information content (AvgIpc) is 2.71. The van der Waals surface area contributed by atoms with Crippen LogP contribution in [0.25, 0.3) is 0 Å². The van der Waals surface area contributed by atoms with Gasteiger partial charge in [-0.15, -0.1) is 6.42 Å². The van der Waals surface area contributed by atoms with Crippen LogP contribution in [0.15, 0.2) is 60.7 Å². The van der Waals surface area contributed by atoms with Crippen molar-refractivity contribution in [1.82, 2.24) is 10.6 Å². The van der Waals surface area contributed by atoms with Gasteiger partial charge in [0.25, 0.3) is 11.8 Å². The maximum atomic E-state index is 12.4. The first-order valence-electron chi connectivity index (χ1n) is 8.37. The third-order valence-corrected chi connectivity index (χ3v) is 3.64. The summed E-state index contributed by atoms with van der Waals surface area (Å²) in [5.41, 5.74) is 1.28. The summed E-state index contributed by atoms with van der Waals surface area (Å²) < 4.78 is 5.04. The second kappa shape index (κ2) is 10.4. The fourth-order valence-corrected chi connectivity index (χ4v) is 2.31. The van der Waals surface area contributed by atoms with Gasteiger partial charge in [0.05, 0.1) is 6.54 Å². The molecule has 2 rings (SSSR count). The van der Waals surface area contributed by atoms with Crippen molar-refractivity contribution in [3.05, 3.63) is 71.8 Å². The second-order valence-electron chi connectivity index (χ2n) is 5.67. The monoisotopic (exact) mass is 364 g/mol. The number of carbonyl (C=O) groups excluding carboxylic acids is 3. The molecule has 6 nitrogen and oxygen atoms in total. The number of hydrogen-bond donors (Lipinski definition) is 2. The van der Waals surface area contributed by atoms with Crippen LogP contribution < -0.4 is 10.6 Å². The number of hydrogen-bond acceptors (Lipinski definition) is 4. The minimum atomic E-state index is -0.930. The Kier molecular flexibility index (Phi) is 7.61. The van der Waals surface area contributed by atoms with E-state index in [2.05, 4.69) is 16.6 Å². The van der Waals surface area contributed by atoms with Gasteiger partial charge in [-0.2, -0.15) is 0 Å². The predicted octanol–water partition coefficient (Wildman–Crippen LogP) is 1.32. The van der Waals surface area contributed by atoms with Crippen LogP contribution in [0.5, 0.6) is 0 Å². The van der Waals surface area contributed by atoms with E-state index < -0.39 is 30.4 Å². The van der Waals surface area contributed by atoms with Crippen LogP contribution in [0.3, 0.4) is 0 Å². The molecule has 0 saturated heterocycles. The Labute approximate surface area is 157 Å². The molecule has 0 saturated carbocycles. The zero-order valence-electron chi connectivity index (χ0n) is 14.7. The molecule has 0 aliphatic carbocycles. The molecule has 2 amide bonds. The minimum absolute atomic E-state index is 0.0502. The average molecular weight is 364 g/mol. The summed E-state index contributed by atoms with van der Waals surface area (Å²) in [4.78, 5) is 36.4. The highest BCUT2D eigenvalue weighted by atomic mass is 16.5. The summed E-state index contributed by atoms with van der Waals surface area (Å²) >= 11 is 0. The first-order valence-corrected chi connectivity index (χ1v) is 8.37. The number of ether oxygens (including phenoxy) is 1. The molecule has 0 bridgehead atoms. The third kappa shape index (κ3) is 6.67. The predicted molar refractivity (Wildman–Crippen MR) is 101 cm³/mol. The van der Waals surface area contributed by atoms with Gasteiger partial charge in [-0.25, -0.2) is 4.79 Å². The fourth-order valence-electron chi connectivity index (χ4n) is 2.31. The zero-order chi connectivity index (χ0) is 19.5. The molecule has 0 fully saturated rings. The van der Waals surface area contributed by atoms with Gasteiger partial charge in [-0.1, -0.05) is 54.5 Å². The van der Waals surface area contributed by atoms with E-state index in [-0.39, 0.29) is 13.0 Å². The van der Waals surface area contributed by atoms with Crippen LogP contribution in [-0.4, -0.2) is 37.0 Å². The van der Waals surface area contributed by atoms with Gasteiger partial charge in [-0.05, 0) is 17.7 Å². The summed E-state index contributed by atoms with van der Waals surface area (Å²) in [7, 11) is 0. The molecule has 2 aromatic carbocycles. The molecule has 1 atom stereocenters. The highest BCUT2D eigenvalue weighted by Gasteiger charge is 2.24. The maximum Gasteiger partial charge on any atom is 0.329 e. The maximum absolute atomic E-state index is 12.4. The SMILES string of the molecule is C#CCNC(=O)COC(=O)[C@H](Cc1ccccc1)NC(=O)c1ccccc1. The lowest BCUT2D eigenvalue weighted by atomic mass is 10.1. The van der Waals surface area contributed by atoms with Gasteiger partial charge in [0.2, 0.25) is 0 Å². The van der Waals surface area contributed by atoms with Gasteiger partial charge in [0.15, 0.2) is 6.61 Å². The first-order chi connectivity index (χ1) is 13.1. The largest absolute Gasteiger partial charge is 0.454 e. The molecular formula is C21H20N2O4. The number of nitrogens with one attached hydrogen (secondary N) is 2. The van der Waals surface area contributed by atoms with Gasteiger partial charge in [0, 0.05) is 12.0 Å². The van der Waals surface area contributed by atoms with Crippen molar-refractivity contribution in [2.24, 2.45) is 0 Å². The molecule has 0 aliphatic rings. The lowest BCUT2D eigenvalue weighted by Gasteiger charge is -2.18. The van der Waals surface area contributed by atoms with E-state index in [1.165, 1.54) is 0 Å². The topological polar surface area (TPSA) is 84.5 Å². The molecule has 138 valence electrons. The van der Waals surface area contributed by atoms with Gasteiger partial charge < -0.3 is 15.4 Å². The van der Waals surface area contributed by atoms with Crippen LogP contribution in [-0.2, 0) is 20.7 Å². The van der Waals surface area contributed by atoms with Crippen LogP contribution in [0.4, 0.5) is 0 Å². The molecule has 0 spiro atoms. The number of rotatable bonds is 8. The lowest BCUT2D eigenvalue weighted by Crippen LogP contribution is -2.44. The van der Waals surface area contributed by atoms with Crippen molar-refractivity contribution in [2.45, 2.75) is 12.5 Å². The Morgan fingerprint density at radius 1 is 1.00 bits per heavy atom. The zero-order valence-corrected chi connectivity index (χ0v) is 14.7. The molecule has 0 aliphatic heterocycles. The van der Waals surface area contributed by atoms with Gasteiger partial charge in [-0.3, -0.25) is 9.59 Å². The van der Waals surface area contributed by atoms with Crippen molar-refractivity contribution in [3.8, 4) is 12.3 Å². The molecule has 0 unspecified atom stereocenters. The molecule has 0 heterocycles. The highest BCUT2D eigenvalue weighted by molar-refractivity contribution is 5.97. The third-order valence-electron chi connectivity index (χ3n) is 3.64. The summed E-state index contributed by atoms with van der Waals surface area (Å²) in [6.07, 6.45) is 5.30. The Morgan fingerprint density at radius 3 is 2.26 bits per heavy atom. The van der Waals surface area contributed by atoms with Crippen LogP contribution >= 0.6 is 0 Å². The van der Waals surface area contributed by atoms with E-state index in [0.717, 1.165) is 5.56 Å². The number of terminal acetylenes is 1. The van der Waals surface area contributed by atoms with Crippen molar-refractivity contribution >= 4 is 17.8 Å². The minimum Gasteiger partial charge on any atom is -0.454 e. The van der Waals surface area contributed by atoms with E-state index in [0.29, 0.717) is 5.56 Å². The Balaban J connectivity index is 2.04. The van der Waals surface area contributed by atoms with Crippen molar-refractivity contribution < 1.29 is 19.1 Å². The number of amides is 2. The number of esters is 1. The van der Waals surface area contributed by atoms with Crippen LogP contribution in [0.2, 0.25) is 0 Å². The molecule has 2 aromatic rings. The summed E-state index contributed by atoms with van der Waals surface area (Å²) in [5, 5.41) is 5.07. The summed E-state index contributed by atoms with van der Waals surface area (Å²) in [6.45, 7) is -0.415. The normalized spacial score (nSPS) is 10.9. The molecule has 6 heteroatoms. The molecule has 27 heavy (non-hydrogen) atoms. The van der Waals surface area contributed by atoms with Crippen LogP contribution in [0.1, 0.15) is 15.9 Å². The van der Waals surface area contributed by atoms with E-state index in [9.17, 15) is 14.4 Å². The Hall–Kier alpha value is -3.59. The summed E-state index contributed by atoms with van der Waals surface area (Å²) in [6, 6.07) is 16.8. The Morgan fingerprint density at radius 2 is 1.63 bits per heavy atom. The van der Waals surface area contributed by atoms with E-state index >= 15 is 0 Å². The lowest BCUT2D eigenvalue weighted by molar-refractivity contribution is -0.150. The smallest absolute Gasteiger partial charge is 0.329 e. The molecule has 0 radical (unpaired) electrons. The standard InChI is InChI=1S/C21H20N2O4/c1-2-13-22-19(24)15-27-21(26)18(14-16-9-5-3-6-10-16)23-20(25)17-11-7-4-8-12-17/h1,3-12,18H,13-15H2,(H,22,24)(H,23,25)/t18-/m0/s1. The molecule has 2 N–H and O–H groups in total. The van der Waals surface area contributed by atoms with Crippen molar-refractivity contribution in [2.75, 3.05) is 13.2 Å². The second-order valence-corrected chi connectivity index (χ2v) is 5.67. The summed E-state index contributed by atoms with van der Waals surface area (Å²) in [5.74, 6) is 0.658. The number of benzene rings is 2. The molecule has 0 aromatic heterocycles. The molecular weight excluding hydrogens is 344 g/mol. The van der Waals surface area contributed by atoms with Crippen LogP contribution in [0, 0.1) is 12.3 Å². The van der Waals surface area contributed by atoms with E-state index in [1.54, 1.807) is 30.3 Å². The van der Waals surface area contributed by atoms with Gasteiger partial charge >= 0.3 is 5.97 Å². The van der Waals surface area contributed by atoms with E-state index in [4.69, 9.17) is 11.2 Å². The van der Waals surface area contributed by atoms with Crippen molar-refractivity contribution in [1.29, 1.82) is 0 Å². The van der Waals surface area contributed by atoms with Crippen molar-refractivity contribution in [3.63, 3.8) is 0 Å². The quantitative estimate of drug-likeness (QED) is 0.547. The van der Waals surface area contributed by atoms with Gasteiger partial charge in [0.1, 0.15) is 6.04 Å².